The van der Waals surface area contributed by atoms with Crippen LogP contribution in [0.3, 0.4) is 0 Å². The Kier molecular flexibility index (Phi) is 2.54. The summed E-state index contributed by atoms with van der Waals surface area (Å²) in [6, 6.07) is 9.82. The SMILES string of the molecule is NC(=O)C1=CN(c2ccccc2)C=CC1. The molecule has 0 unspecified atom stereocenters. The summed E-state index contributed by atoms with van der Waals surface area (Å²) in [6.45, 7) is 0. The summed E-state index contributed by atoms with van der Waals surface area (Å²) in [5.74, 6) is -0.361. The number of rotatable bonds is 2. The lowest BCUT2D eigenvalue weighted by atomic mass is 10.1. The molecule has 76 valence electrons. The molecular formula is C12H12N2O. The largest absolute Gasteiger partial charge is 0.366 e. The average Bonchev–Trinajstić information content (AvgIpc) is 2.30. The Morgan fingerprint density at radius 3 is 2.67 bits per heavy atom. The third-order valence-corrected chi connectivity index (χ3v) is 2.27. The molecule has 0 aromatic heterocycles. The summed E-state index contributed by atoms with van der Waals surface area (Å²) in [5.41, 5.74) is 6.89. The number of hydrogen-bond donors (Lipinski definition) is 1. The Bertz CT molecular complexity index is 421. The highest BCUT2D eigenvalue weighted by Crippen LogP contribution is 2.19. The van der Waals surface area contributed by atoms with Gasteiger partial charge in [0.25, 0.3) is 0 Å². The van der Waals surface area contributed by atoms with E-state index in [0.717, 1.165) is 5.69 Å². The van der Waals surface area contributed by atoms with E-state index >= 15 is 0 Å². The van der Waals surface area contributed by atoms with Gasteiger partial charge in [0.15, 0.2) is 0 Å². The number of primary amides is 1. The molecular weight excluding hydrogens is 188 g/mol. The standard InChI is InChI=1S/C12H12N2O/c13-12(15)10-5-4-8-14(9-10)11-6-2-1-3-7-11/h1-4,6-9H,5H2,(H2,13,15). The van der Waals surface area contributed by atoms with Crippen molar-refractivity contribution in [2.24, 2.45) is 5.73 Å². The third-order valence-electron chi connectivity index (χ3n) is 2.27. The van der Waals surface area contributed by atoms with E-state index in [1.54, 1.807) is 6.20 Å². The van der Waals surface area contributed by atoms with Gasteiger partial charge in [-0.2, -0.15) is 0 Å². The van der Waals surface area contributed by atoms with E-state index in [1.165, 1.54) is 0 Å². The molecule has 0 saturated carbocycles. The minimum atomic E-state index is -0.361. The molecule has 15 heavy (non-hydrogen) atoms. The van der Waals surface area contributed by atoms with Crippen molar-refractivity contribution in [3.63, 3.8) is 0 Å². The quantitative estimate of drug-likeness (QED) is 0.791. The van der Waals surface area contributed by atoms with Crippen LogP contribution in [0.15, 0.2) is 54.4 Å². The van der Waals surface area contributed by atoms with Gasteiger partial charge in [-0.3, -0.25) is 4.79 Å². The predicted octanol–water partition coefficient (Wildman–Crippen LogP) is 1.78. The molecule has 0 atom stereocenters. The third kappa shape index (κ3) is 2.07. The van der Waals surface area contributed by atoms with Gasteiger partial charge in [0.2, 0.25) is 5.91 Å². The van der Waals surface area contributed by atoms with Crippen molar-refractivity contribution in [2.45, 2.75) is 6.42 Å². The number of allylic oxidation sites excluding steroid dienone is 1. The van der Waals surface area contributed by atoms with E-state index in [0.29, 0.717) is 12.0 Å². The summed E-state index contributed by atoms with van der Waals surface area (Å²) in [6.07, 6.45) is 6.24. The van der Waals surface area contributed by atoms with E-state index in [9.17, 15) is 4.79 Å². The number of para-hydroxylation sites is 1. The average molecular weight is 200 g/mol. The fourth-order valence-corrected chi connectivity index (χ4v) is 1.48. The lowest BCUT2D eigenvalue weighted by Crippen LogP contribution is -2.20. The van der Waals surface area contributed by atoms with Gasteiger partial charge in [-0.1, -0.05) is 24.3 Å². The van der Waals surface area contributed by atoms with Crippen LogP contribution in [0, 0.1) is 0 Å². The summed E-state index contributed by atoms with van der Waals surface area (Å²) in [4.78, 5) is 12.9. The lowest BCUT2D eigenvalue weighted by Gasteiger charge is -2.20. The Hall–Kier alpha value is -2.03. The van der Waals surface area contributed by atoms with Gasteiger partial charge in [0.1, 0.15) is 0 Å². The van der Waals surface area contributed by atoms with Crippen molar-refractivity contribution >= 4 is 11.6 Å². The Balaban J connectivity index is 2.28. The van der Waals surface area contributed by atoms with Crippen molar-refractivity contribution in [1.29, 1.82) is 0 Å². The molecule has 3 nitrogen and oxygen atoms in total. The zero-order chi connectivity index (χ0) is 10.7. The van der Waals surface area contributed by atoms with Crippen molar-refractivity contribution in [3.8, 4) is 0 Å². The second kappa shape index (κ2) is 4.00. The minimum absolute atomic E-state index is 0.361. The molecule has 1 heterocycles. The van der Waals surface area contributed by atoms with Crippen LogP contribution in [0.25, 0.3) is 0 Å². The number of hydrogen-bond acceptors (Lipinski definition) is 2. The monoisotopic (exact) mass is 200 g/mol. The lowest BCUT2D eigenvalue weighted by molar-refractivity contribution is -0.114. The number of carbonyl (C=O) groups is 1. The number of nitrogens with two attached hydrogens (primary N) is 1. The van der Waals surface area contributed by atoms with E-state index in [-0.39, 0.29) is 5.91 Å². The number of anilines is 1. The van der Waals surface area contributed by atoms with E-state index < -0.39 is 0 Å². The molecule has 1 aromatic carbocycles. The summed E-state index contributed by atoms with van der Waals surface area (Å²) >= 11 is 0. The molecule has 1 amide bonds. The highest BCUT2D eigenvalue weighted by molar-refractivity contribution is 5.93. The molecule has 2 rings (SSSR count). The number of carbonyl (C=O) groups excluding carboxylic acids is 1. The van der Waals surface area contributed by atoms with Gasteiger partial charge in [0.05, 0.1) is 0 Å². The Labute approximate surface area is 88.5 Å². The maximum absolute atomic E-state index is 11.0. The van der Waals surface area contributed by atoms with Gasteiger partial charge in [-0.05, 0) is 18.6 Å². The molecule has 0 bridgehead atoms. The van der Waals surface area contributed by atoms with E-state index in [1.807, 2.05) is 47.5 Å². The van der Waals surface area contributed by atoms with E-state index in [4.69, 9.17) is 5.73 Å². The van der Waals surface area contributed by atoms with Gasteiger partial charge >= 0.3 is 0 Å². The fourth-order valence-electron chi connectivity index (χ4n) is 1.48. The van der Waals surface area contributed by atoms with Gasteiger partial charge in [-0.25, -0.2) is 0 Å². The molecule has 2 N–H and O–H groups in total. The molecule has 0 spiro atoms. The first-order valence-corrected chi connectivity index (χ1v) is 4.78. The van der Waals surface area contributed by atoms with Crippen LogP contribution in [0.5, 0.6) is 0 Å². The normalized spacial score (nSPS) is 14.9. The smallest absolute Gasteiger partial charge is 0.246 e. The molecule has 0 saturated heterocycles. The fraction of sp³-hybridized carbons (Fsp3) is 0.0833. The van der Waals surface area contributed by atoms with Crippen molar-refractivity contribution < 1.29 is 4.79 Å². The van der Waals surface area contributed by atoms with Crippen LogP contribution in [0.1, 0.15) is 6.42 Å². The molecule has 0 radical (unpaired) electrons. The summed E-state index contributed by atoms with van der Waals surface area (Å²) < 4.78 is 0. The van der Waals surface area contributed by atoms with Crippen LogP contribution in [-0.4, -0.2) is 5.91 Å². The maximum atomic E-state index is 11.0. The van der Waals surface area contributed by atoms with Crippen molar-refractivity contribution in [2.75, 3.05) is 4.90 Å². The first-order valence-electron chi connectivity index (χ1n) is 4.78. The van der Waals surface area contributed by atoms with Crippen LogP contribution >= 0.6 is 0 Å². The summed E-state index contributed by atoms with van der Waals surface area (Å²) in [7, 11) is 0. The minimum Gasteiger partial charge on any atom is -0.366 e. The van der Waals surface area contributed by atoms with Gasteiger partial charge in [-0.15, -0.1) is 0 Å². The highest BCUT2D eigenvalue weighted by Gasteiger charge is 2.10. The van der Waals surface area contributed by atoms with Crippen LogP contribution in [0.4, 0.5) is 5.69 Å². The predicted molar refractivity (Wildman–Crippen MR) is 60.0 cm³/mol. The Morgan fingerprint density at radius 1 is 1.27 bits per heavy atom. The first-order chi connectivity index (χ1) is 7.27. The second-order valence-electron chi connectivity index (χ2n) is 3.35. The molecule has 1 aliphatic heterocycles. The molecule has 1 aliphatic rings. The van der Waals surface area contributed by atoms with Crippen LogP contribution in [0.2, 0.25) is 0 Å². The van der Waals surface area contributed by atoms with Crippen LogP contribution in [-0.2, 0) is 4.79 Å². The molecule has 3 heteroatoms. The summed E-state index contributed by atoms with van der Waals surface area (Å²) in [5, 5.41) is 0. The first kappa shape index (κ1) is 9.52. The number of amides is 1. The second-order valence-corrected chi connectivity index (χ2v) is 3.35. The molecule has 0 fully saturated rings. The van der Waals surface area contributed by atoms with Crippen molar-refractivity contribution in [3.05, 3.63) is 54.4 Å². The zero-order valence-corrected chi connectivity index (χ0v) is 8.26. The number of nitrogens with zero attached hydrogens (tertiary/aromatic N) is 1. The molecule has 1 aromatic rings. The topological polar surface area (TPSA) is 46.3 Å². The maximum Gasteiger partial charge on any atom is 0.246 e. The highest BCUT2D eigenvalue weighted by atomic mass is 16.1. The zero-order valence-electron chi connectivity index (χ0n) is 8.26. The van der Waals surface area contributed by atoms with E-state index in [2.05, 4.69) is 0 Å². The van der Waals surface area contributed by atoms with Crippen LogP contribution < -0.4 is 10.6 Å². The Morgan fingerprint density at radius 2 is 2.00 bits per heavy atom. The van der Waals surface area contributed by atoms with Gasteiger partial charge in [0, 0.05) is 23.7 Å². The molecule has 0 aliphatic carbocycles. The van der Waals surface area contributed by atoms with Gasteiger partial charge < -0.3 is 10.6 Å². The number of benzene rings is 1. The van der Waals surface area contributed by atoms with Crippen molar-refractivity contribution in [1.82, 2.24) is 0 Å².